The average Bonchev–Trinajstić information content (AvgIpc) is 3.32. The van der Waals surface area contributed by atoms with Crippen molar-refractivity contribution >= 4 is 29.2 Å². The number of nitrogens with one attached hydrogen (secondary N) is 1. The number of pyridine rings is 1. The lowest BCUT2D eigenvalue weighted by Gasteiger charge is -2.36. The molecule has 2 saturated carbocycles. The van der Waals surface area contributed by atoms with Crippen LogP contribution in [0.1, 0.15) is 65.3 Å². The van der Waals surface area contributed by atoms with Crippen molar-refractivity contribution in [1.29, 1.82) is 5.26 Å². The number of piperidine rings is 1. The zero-order chi connectivity index (χ0) is 25.0. The quantitative estimate of drug-likeness (QED) is 0.552. The Labute approximate surface area is 213 Å². The number of carbonyl (C=O) groups excluding carboxylic acids is 2. The van der Waals surface area contributed by atoms with Crippen LogP contribution in [0.4, 0.5) is 5.82 Å². The van der Waals surface area contributed by atoms with Crippen molar-refractivity contribution in [3.63, 3.8) is 0 Å². The third-order valence-electron chi connectivity index (χ3n) is 7.64. The first-order valence-corrected chi connectivity index (χ1v) is 12.5. The minimum atomic E-state index is -0.275. The molecule has 1 aliphatic heterocycles. The highest BCUT2D eigenvalue weighted by Crippen LogP contribution is 2.47. The van der Waals surface area contributed by atoms with Gasteiger partial charge >= 0.3 is 0 Å². The van der Waals surface area contributed by atoms with Crippen LogP contribution < -0.4 is 10.2 Å². The normalized spacial score (nSPS) is 25.0. The van der Waals surface area contributed by atoms with Crippen LogP contribution in [-0.4, -0.2) is 44.4 Å². The van der Waals surface area contributed by atoms with E-state index >= 15 is 0 Å². The number of nitrogens with zero attached hydrogens (tertiary/aromatic N) is 6. The molecule has 36 heavy (non-hydrogen) atoms. The van der Waals surface area contributed by atoms with Crippen molar-refractivity contribution in [2.45, 2.75) is 44.2 Å². The first-order valence-electron chi connectivity index (χ1n) is 12.1. The number of aromatic nitrogens is 4. The lowest BCUT2D eigenvalue weighted by molar-refractivity contribution is -0.118. The molecule has 182 valence electrons. The zero-order valence-corrected chi connectivity index (χ0v) is 20.4. The van der Waals surface area contributed by atoms with Crippen molar-refractivity contribution in [1.82, 2.24) is 25.3 Å². The number of fused-ring (bicyclic) bond motifs is 1. The summed E-state index contributed by atoms with van der Waals surface area (Å²) in [6.45, 7) is 2.71. The van der Waals surface area contributed by atoms with Crippen molar-refractivity contribution < 1.29 is 9.59 Å². The third-order valence-corrected chi connectivity index (χ3v) is 7.87. The molecule has 0 radical (unpaired) electrons. The maximum atomic E-state index is 12.7. The van der Waals surface area contributed by atoms with E-state index in [1.165, 1.54) is 0 Å². The predicted molar refractivity (Wildman–Crippen MR) is 131 cm³/mol. The summed E-state index contributed by atoms with van der Waals surface area (Å²) < 4.78 is 1.64. The van der Waals surface area contributed by atoms with Gasteiger partial charge in [0.25, 0.3) is 5.91 Å². The minimum Gasteiger partial charge on any atom is -0.348 e. The smallest absolute Gasteiger partial charge is 0.273 e. The molecule has 1 saturated heterocycles. The standard InChI is InChI=1S/C26H24ClN7O2/c1-14(16-3-5-24(29-11-16)33-12-18-8-22(18)26(33)36)34-13-23(31-32-34)25(35)30-20-6-17(7-20)21-9-19(27)4-2-15(21)10-28/h2-5,9,11,13-14,17-18,20,22H,6-8,12H2,1H3,(H,30,35)/t14?,17?,18-,20?,22-/m1/s1. The van der Waals surface area contributed by atoms with Crippen LogP contribution in [0.25, 0.3) is 0 Å². The van der Waals surface area contributed by atoms with Gasteiger partial charge in [-0.15, -0.1) is 5.10 Å². The van der Waals surface area contributed by atoms with Gasteiger partial charge in [0, 0.05) is 29.7 Å². The summed E-state index contributed by atoms with van der Waals surface area (Å²) in [7, 11) is 0. The minimum absolute atomic E-state index is 0.00618. The molecular formula is C26H24ClN7O2. The monoisotopic (exact) mass is 501 g/mol. The first-order chi connectivity index (χ1) is 17.4. The van der Waals surface area contributed by atoms with E-state index in [0.29, 0.717) is 22.3 Å². The fraction of sp³-hybridized carbons (Fsp3) is 0.385. The van der Waals surface area contributed by atoms with Gasteiger partial charge in [-0.05, 0) is 73.4 Å². The van der Waals surface area contributed by atoms with Gasteiger partial charge in [-0.25, -0.2) is 9.67 Å². The van der Waals surface area contributed by atoms with Crippen LogP contribution >= 0.6 is 11.6 Å². The first kappa shape index (κ1) is 22.7. The summed E-state index contributed by atoms with van der Waals surface area (Å²) in [5.74, 6) is 1.47. The molecule has 0 bridgehead atoms. The van der Waals surface area contributed by atoms with E-state index in [2.05, 4.69) is 26.7 Å². The van der Waals surface area contributed by atoms with Crippen molar-refractivity contribution in [3.8, 4) is 6.07 Å². The summed E-state index contributed by atoms with van der Waals surface area (Å²) in [4.78, 5) is 31.3. The molecule has 1 aromatic carbocycles. The molecule has 3 aliphatic rings. The highest BCUT2D eigenvalue weighted by atomic mass is 35.5. The van der Waals surface area contributed by atoms with Gasteiger partial charge in [0.2, 0.25) is 5.91 Å². The Morgan fingerprint density at radius 3 is 2.78 bits per heavy atom. The Hall–Kier alpha value is -3.77. The maximum Gasteiger partial charge on any atom is 0.273 e. The fourth-order valence-corrected chi connectivity index (χ4v) is 5.41. The van der Waals surface area contributed by atoms with Crippen LogP contribution in [0.2, 0.25) is 5.02 Å². The second kappa shape index (κ2) is 8.71. The largest absolute Gasteiger partial charge is 0.348 e. The Bertz CT molecular complexity index is 1390. The highest BCUT2D eigenvalue weighted by molar-refractivity contribution is 6.30. The number of nitriles is 1. The second-order valence-electron chi connectivity index (χ2n) is 9.94. The van der Waals surface area contributed by atoms with Gasteiger partial charge in [-0.3, -0.25) is 14.5 Å². The predicted octanol–water partition coefficient (Wildman–Crippen LogP) is 3.47. The number of hydrogen-bond donors (Lipinski definition) is 1. The number of carbonyl (C=O) groups is 2. The van der Waals surface area contributed by atoms with Crippen LogP contribution in [0.3, 0.4) is 0 Å². The molecule has 2 amide bonds. The summed E-state index contributed by atoms with van der Waals surface area (Å²) in [6, 6.07) is 11.1. The van der Waals surface area contributed by atoms with Gasteiger partial charge in [0.1, 0.15) is 5.82 Å². The number of benzene rings is 1. The van der Waals surface area contributed by atoms with E-state index < -0.39 is 0 Å². The van der Waals surface area contributed by atoms with E-state index in [9.17, 15) is 14.9 Å². The summed E-state index contributed by atoms with van der Waals surface area (Å²) >= 11 is 6.11. The van der Waals surface area contributed by atoms with Crippen molar-refractivity contribution in [2.24, 2.45) is 11.8 Å². The van der Waals surface area contributed by atoms with Gasteiger partial charge in [-0.2, -0.15) is 5.26 Å². The van der Waals surface area contributed by atoms with Crippen molar-refractivity contribution in [3.05, 3.63) is 70.1 Å². The molecule has 0 spiro atoms. The highest BCUT2D eigenvalue weighted by Gasteiger charge is 2.52. The molecule has 3 atom stereocenters. The number of amides is 2. The lowest BCUT2D eigenvalue weighted by Crippen LogP contribution is -2.43. The zero-order valence-electron chi connectivity index (χ0n) is 19.6. The lowest BCUT2D eigenvalue weighted by atomic mass is 9.74. The maximum absolute atomic E-state index is 12.7. The fourth-order valence-electron chi connectivity index (χ4n) is 5.23. The summed E-state index contributed by atoms with van der Waals surface area (Å²) in [5.41, 5.74) is 2.71. The van der Waals surface area contributed by atoms with Crippen LogP contribution in [0, 0.1) is 23.2 Å². The number of rotatable bonds is 6. The molecule has 2 aliphatic carbocycles. The summed E-state index contributed by atoms with van der Waals surface area (Å²) in [6.07, 6.45) is 5.87. The number of halogens is 1. The molecule has 2 aromatic heterocycles. The van der Waals surface area contributed by atoms with E-state index in [1.807, 2.05) is 25.1 Å². The van der Waals surface area contributed by atoms with Gasteiger partial charge in [0.15, 0.2) is 5.69 Å². The number of hydrogen-bond acceptors (Lipinski definition) is 6. The molecule has 3 aromatic rings. The molecule has 6 rings (SSSR count). The summed E-state index contributed by atoms with van der Waals surface area (Å²) in [5, 5.41) is 21.2. The Balaban J connectivity index is 1.06. The molecule has 1 unspecified atom stereocenters. The Morgan fingerprint density at radius 1 is 1.25 bits per heavy atom. The SMILES string of the molecule is CC(c1ccc(N2C[C@H]3C[C@H]3C2=O)nc1)n1cc(C(=O)NC2CC(c3cc(Cl)ccc3C#N)C2)nn1. The van der Waals surface area contributed by atoms with E-state index in [4.69, 9.17) is 11.6 Å². The van der Waals surface area contributed by atoms with E-state index in [-0.39, 0.29) is 41.4 Å². The molecule has 3 fully saturated rings. The molecule has 3 heterocycles. The van der Waals surface area contributed by atoms with Gasteiger partial charge in [-0.1, -0.05) is 22.9 Å². The van der Waals surface area contributed by atoms with E-state index in [1.54, 1.807) is 34.1 Å². The number of anilines is 1. The molecule has 1 N–H and O–H groups in total. The molecule has 9 nitrogen and oxygen atoms in total. The Morgan fingerprint density at radius 2 is 2.08 bits per heavy atom. The van der Waals surface area contributed by atoms with Gasteiger partial charge in [0.05, 0.1) is 23.9 Å². The van der Waals surface area contributed by atoms with Crippen LogP contribution in [-0.2, 0) is 4.79 Å². The average molecular weight is 502 g/mol. The molecule has 10 heteroatoms. The van der Waals surface area contributed by atoms with Crippen LogP contribution in [0.15, 0.2) is 42.7 Å². The topological polar surface area (TPSA) is 117 Å². The third kappa shape index (κ3) is 4.01. The van der Waals surface area contributed by atoms with E-state index in [0.717, 1.165) is 36.9 Å². The van der Waals surface area contributed by atoms with Crippen molar-refractivity contribution in [2.75, 3.05) is 11.4 Å². The Kier molecular flexibility index (Phi) is 5.49. The van der Waals surface area contributed by atoms with Crippen LogP contribution in [0.5, 0.6) is 0 Å². The molecular weight excluding hydrogens is 478 g/mol. The van der Waals surface area contributed by atoms with Gasteiger partial charge < -0.3 is 5.32 Å². The second-order valence-corrected chi connectivity index (χ2v) is 10.4.